The summed E-state index contributed by atoms with van der Waals surface area (Å²) in [6.45, 7) is 5.63. The summed E-state index contributed by atoms with van der Waals surface area (Å²) in [7, 11) is -1.75. The first-order valence-electron chi connectivity index (χ1n) is 7.18. The first-order chi connectivity index (χ1) is 10.2. The summed E-state index contributed by atoms with van der Waals surface area (Å²) in [6.07, 6.45) is 0.753. The van der Waals surface area contributed by atoms with Crippen LogP contribution in [0.15, 0.2) is 17.0 Å². The monoisotopic (exact) mass is 327 g/mol. The summed E-state index contributed by atoms with van der Waals surface area (Å²) in [5.41, 5.74) is 0.855. The lowest BCUT2D eigenvalue weighted by atomic mass is 10.1. The van der Waals surface area contributed by atoms with Crippen LogP contribution in [0.4, 0.5) is 5.69 Å². The van der Waals surface area contributed by atoms with Crippen molar-refractivity contribution in [1.29, 1.82) is 0 Å². The highest BCUT2D eigenvalue weighted by Crippen LogP contribution is 2.28. The highest BCUT2D eigenvalue weighted by atomic mass is 32.2. The number of nitro benzene ring substituents is 1. The third-order valence-corrected chi connectivity index (χ3v) is 6.03. The third kappa shape index (κ3) is 3.29. The zero-order valence-corrected chi connectivity index (χ0v) is 13.9. The molecule has 1 aromatic carbocycles. The molecule has 22 heavy (non-hydrogen) atoms. The van der Waals surface area contributed by atoms with E-state index in [4.69, 9.17) is 0 Å². The van der Waals surface area contributed by atoms with Gasteiger partial charge in [0.15, 0.2) is 0 Å². The molecule has 1 aliphatic heterocycles. The Balaban J connectivity index is 2.45. The zero-order valence-electron chi connectivity index (χ0n) is 13.1. The van der Waals surface area contributed by atoms with E-state index >= 15 is 0 Å². The van der Waals surface area contributed by atoms with Crippen molar-refractivity contribution in [3.63, 3.8) is 0 Å². The van der Waals surface area contributed by atoms with Crippen molar-refractivity contribution in [1.82, 2.24) is 9.21 Å². The average Bonchev–Trinajstić information content (AvgIpc) is 2.63. The number of sulfonamides is 1. The molecule has 0 saturated carbocycles. The quantitative estimate of drug-likeness (QED) is 0.621. The lowest BCUT2D eigenvalue weighted by molar-refractivity contribution is -0.385. The van der Waals surface area contributed by atoms with E-state index < -0.39 is 14.9 Å². The van der Waals surface area contributed by atoms with Crippen LogP contribution in [0.5, 0.6) is 0 Å². The van der Waals surface area contributed by atoms with Crippen LogP contribution in [0.25, 0.3) is 0 Å². The van der Waals surface area contributed by atoms with E-state index in [-0.39, 0.29) is 10.6 Å². The fraction of sp³-hybridized carbons (Fsp3) is 0.571. The number of rotatable bonds is 3. The van der Waals surface area contributed by atoms with Crippen LogP contribution in [0.3, 0.4) is 0 Å². The summed E-state index contributed by atoms with van der Waals surface area (Å²) >= 11 is 0. The average molecular weight is 327 g/mol. The van der Waals surface area contributed by atoms with E-state index in [2.05, 4.69) is 4.90 Å². The fourth-order valence-corrected chi connectivity index (χ4v) is 4.39. The molecule has 0 bridgehead atoms. The van der Waals surface area contributed by atoms with Crippen LogP contribution in [0, 0.1) is 24.0 Å². The summed E-state index contributed by atoms with van der Waals surface area (Å²) in [5, 5.41) is 11.1. The van der Waals surface area contributed by atoms with Gasteiger partial charge < -0.3 is 4.90 Å². The van der Waals surface area contributed by atoms with Gasteiger partial charge in [0.25, 0.3) is 5.69 Å². The Hall–Kier alpha value is -1.51. The van der Waals surface area contributed by atoms with E-state index in [1.807, 2.05) is 7.05 Å². The molecule has 0 N–H and O–H groups in total. The molecule has 0 spiro atoms. The zero-order chi connectivity index (χ0) is 16.5. The third-order valence-electron chi connectivity index (χ3n) is 3.99. The molecule has 0 amide bonds. The van der Waals surface area contributed by atoms with Gasteiger partial charge in [-0.1, -0.05) is 0 Å². The lowest BCUT2D eigenvalue weighted by Crippen LogP contribution is -2.34. The molecule has 1 saturated heterocycles. The van der Waals surface area contributed by atoms with Crippen molar-refractivity contribution in [2.24, 2.45) is 0 Å². The van der Waals surface area contributed by atoms with E-state index in [0.29, 0.717) is 30.8 Å². The Morgan fingerprint density at radius 3 is 2.41 bits per heavy atom. The van der Waals surface area contributed by atoms with Crippen molar-refractivity contribution < 1.29 is 13.3 Å². The molecule has 0 radical (unpaired) electrons. The van der Waals surface area contributed by atoms with Gasteiger partial charge in [-0.15, -0.1) is 0 Å². The highest BCUT2D eigenvalue weighted by molar-refractivity contribution is 7.89. The predicted molar refractivity (Wildman–Crippen MR) is 83.4 cm³/mol. The number of hydrogen-bond donors (Lipinski definition) is 0. The second-order valence-electron chi connectivity index (χ2n) is 5.72. The van der Waals surface area contributed by atoms with Crippen LogP contribution < -0.4 is 0 Å². The topological polar surface area (TPSA) is 83.8 Å². The smallest absolute Gasteiger partial charge is 0.273 e. The Kier molecular flexibility index (Phi) is 4.84. The van der Waals surface area contributed by atoms with Gasteiger partial charge in [-0.25, -0.2) is 8.42 Å². The second kappa shape index (κ2) is 6.31. The number of hydrogen-bond acceptors (Lipinski definition) is 5. The SMILES string of the molecule is Cc1cc(C)c(S(=O)(=O)N2CCCN(C)CC2)cc1[N+](=O)[O-]. The van der Waals surface area contributed by atoms with E-state index in [9.17, 15) is 18.5 Å². The number of nitro groups is 1. The van der Waals surface area contributed by atoms with E-state index in [1.54, 1.807) is 19.9 Å². The molecular formula is C14H21N3O4S. The predicted octanol–water partition coefficient (Wildman–Crippen LogP) is 1.54. The molecule has 0 atom stereocenters. The van der Waals surface area contributed by atoms with Gasteiger partial charge in [0.1, 0.15) is 0 Å². The van der Waals surface area contributed by atoms with Crippen molar-refractivity contribution >= 4 is 15.7 Å². The minimum absolute atomic E-state index is 0.0364. The van der Waals surface area contributed by atoms with Gasteiger partial charge in [0.2, 0.25) is 10.0 Å². The Labute approximate surface area is 130 Å². The molecule has 0 aromatic heterocycles. The fourth-order valence-electron chi connectivity index (χ4n) is 2.70. The van der Waals surface area contributed by atoms with Crippen LogP contribution in [0.1, 0.15) is 17.5 Å². The molecule has 7 nitrogen and oxygen atoms in total. The van der Waals surface area contributed by atoms with Crippen LogP contribution in [-0.2, 0) is 10.0 Å². The molecule has 1 aliphatic rings. The van der Waals surface area contributed by atoms with Gasteiger partial charge in [-0.05, 0) is 45.5 Å². The first kappa shape index (κ1) is 16.9. The minimum Gasteiger partial charge on any atom is -0.305 e. The van der Waals surface area contributed by atoms with Crippen molar-refractivity contribution in [3.8, 4) is 0 Å². The lowest BCUT2D eigenvalue weighted by Gasteiger charge is -2.21. The van der Waals surface area contributed by atoms with Crippen LogP contribution >= 0.6 is 0 Å². The summed E-state index contributed by atoms with van der Waals surface area (Å²) in [5.74, 6) is 0. The molecule has 1 aromatic rings. The summed E-state index contributed by atoms with van der Waals surface area (Å²) in [4.78, 5) is 12.7. The Morgan fingerprint density at radius 2 is 1.77 bits per heavy atom. The number of benzene rings is 1. The number of likely N-dealkylation sites (N-methyl/N-ethyl adjacent to an activating group) is 1. The number of aryl methyl sites for hydroxylation is 2. The molecule has 2 rings (SSSR count). The molecular weight excluding hydrogens is 306 g/mol. The first-order valence-corrected chi connectivity index (χ1v) is 8.62. The molecule has 1 heterocycles. The largest absolute Gasteiger partial charge is 0.305 e. The van der Waals surface area contributed by atoms with E-state index in [0.717, 1.165) is 13.0 Å². The van der Waals surface area contributed by atoms with Crippen LogP contribution in [0.2, 0.25) is 0 Å². The standard InChI is InChI=1S/C14H21N3O4S/c1-11-9-12(2)14(10-13(11)17(18)19)22(20,21)16-6-4-5-15(3)7-8-16/h9-10H,4-8H2,1-3H3. The molecule has 0 aliphatic carbocycles. The maximum atomic E-state index is 12.8. The molecule has 122 valence electrons. The van der Waals surface area contributed by atoms with E-state index in [1.165, 1.54) is 10.4 Å². The number of nitrogens with zero attached hydrogens (tertiary/aromatic N) is 3. The summed E-state index contributed by atoms with van der Waals surface area (Å²) < 4.78 is 27.1. The van der Waals surface area contributed by atoms with Crippen molar-refractivity contribution in [2.45, 2.75) is 25.2 Å². The maximum absolute atomic E-state index is 12.8. The maximum Gasteiger partial charge on any atom is 0.273 e. The highest BCUT2D eigenvalue weighted by Gasteiger charge is 2.29. The van der Waals surface area contributed by atoms with Crippen molar-refractivity contribution in [2.75, 3.05) is 33.2 Å². The van der Waals surface area contributed by atoms with Crippen LogP contribution in [-0.4, -0.2) is 55.8 Å². The van der Waals surface area contributed by atoms with Gasteiger partial charge in [0.05, 0.1) is 9.82 Å². The Morgan fingerprint density at radius 1 is 1.09 bits per heavy atom. The van der Waals surface area contributed by atoms with Gasteiger partial charge in [0, 0.05) is 31.3 Å². The van der Waals surface area contributed by atoms with Gasteiger partial charge in [-0.3, -0.25) is 10.1 Å². The van der Waals surface area contributed by atoms with Gasteiger partial charge in [-0.2, -0.15) is 4.31 Å². The summed E-state index contributed by atoms with van der Waals surface area (Å²) in [6, 6.07) is 2.75. The van der Waals surface area contributed by atoms with Crippen molar-refractivity contribution in [3.05, 3.63) is 33.4 Å². The second-order valence-corrected chi connectivity index (χ2v) is 7.63. The minimum atomic E-state index is -3.71. The molecule has 8 heteroatoms. The normalized spacial score (nSPS) is 18.1. The Bertz CT molecular complexity index is 688. The molecule has 0 unspecified atom stereocenters. The molecule has 1 fully saturated rings. The van der Waals surface area contributed by atoms with Gasteiger partial charge >= 0.3 is 0 Å².